The number of rotatable bonds is 8. The van der Waals surface area contributed by atoms with Gasteiger partial charge in [-0.1, -0.05) is 32.0 Å². The molecule has 102 valence electrons. The van der Waals surface area contributed by atoms with Crippen LogP contribution >= 0.6 is 0 Å². The number of sulfonamides is 1. The number of hydrogen-bond donors (Lipinski definition) is 1. The van der Waals surface area contributed by atoms with Crippen LogP contribution in [0.5, 0.6) is 0 Å². The molecule has 4 nitrogen and oxygen atoms in total. The summed E-state index contributed by atoms with van der Waals surface area (Å²) in [6.07, 6.45) is 0.679. The number of ether oxygens (including phenoxy) is 1. The Morgan fingerprint density at radius 1 is 1.22 bits per heavy atom. The van der Waals surface area contributed by atoms with Crippen LogP contribution in [0.2, 0.25) is 0 Å². The van der Waals surface area contributed by atoms with E-state index in [2.05, 4.69) is 18.6 Å². The molecule has 0 radical (unpaired) electrons. The highest BCUT2D eigenvalue weighted by Crippen LogP contribution is 2.06. The van der Waals surface area contributed by atoms with Crippen molar-refractivity contribution >= 4 is 10.0 Å². The van der Waals surface area contributed by atoms with Crippen molar-refractivity contribution < 1.29 is 13.2 Å². The summed E-state index contributed by atoms with van der Waals surface area (Å²) in [6, 6.07) is 8.37. The molecule has 18 heavy (non-hydrogen) atoms. The summed E-state index contributed by atoms with van der Waals surface area (Å²) in [7, 11) is -3.37. The van der Waals surface area contributed by atoms with E-state index in [0.29, 0.717) is 37.0 Å². The Kier molecular flexibility index (Phi) is 6.32. The molecule has 1 aromatic carbocycles. The third kappa shape index (κ3) is 5.62. The molecule has 0 spiro atoms. The van der Waals surface area contributed by atoms with Gasteiger partial charge in [-0.25, -0.2) is 13.1 Å². The summed E-state index contributed by atoms with van der Waals surface area (Å²) < 4.78 is 31.6. The van der Waals surface area contributed by atoms with E-state index in [1.165, 1.54) is 0 Å². The molecule has 0 aliphatic carbocycles. The molecule has 0 amide bonds. The minimum atomic E-state index is -3.37. The first-order valence-electron chi connectivity index (χ1n) is 6.15. The van der Waals surface area contributed by atoms with Gasteiger partial charge in [0.25, 0.3) is 0 Å². The molecule has 0 unspecified atom stereocenters. The van der Waals surface area contributed by atoms with Gasteiger partial charge < -0.3 is 4.74 Å². The van der Waals surface area contributed by atoms with Gasteiger partial charge >= 0.3 is 0 Å². The van der Waals surface area contributed by atoms with Crippen LogP contribution in [0.1, 0.15) is 20.3 Å². The van der Waals surface area contributed by atoms with Crippen LogP contribution < -0.4 is 4.72 Å². The van der Waals surface area contributed by atoms with E-state index in [0.717, 1.165) is 0 Å². The molecule has 0 heterocycles. The van der Waals surface area contributed by atoms with E-state index in [-0.39, 0.29) is 0 Å². The lowest BCUT2D eigenvalue weighted by Gasteiger charge is -2.08. The minimum Gasteiger partial charge on any atom is -0.381 e. The van der Waals surface area contributed by atoms with Crippen molar-refractivity contribution in [3.05, 3.63) is 30.3 Å². The van der Waals surface area contributed by atoms with Crippen LogP contribution in [0.15, 0.2) is 35.2 Å². The lowest BCUT2D eigenvalue weighted by molar-refractivity contribution is 0.108. The first kappa shape index (κ1) is 15.1. The zero-order valence-electron chi connectivity index (χ0n) is 10.9. The smallest absolute Gasteiger partial charge is 0.240 e. The van der Waals surface area contributed by atoms with E-state index in [1.807, 2.05) is 0 Å². The van der Waals surface area contributed by atoms with Crippen LogP contribution in [-0.2, 0) is 14.8 Å². The zero-order valence-corrected chi connectivity index (χ0v) is 11.7. The lowest BCUT2D eigenvalue weighted by atomic mass is 10.2. The number of benzene rings is 1. The maximum absolute atomic E-state index is 11.8. The van der Waals surface area contributed by atoms with E-state index in [1.54, 1.807) is 30.3 Å². The molecule has 0 fully saturated rings. The predicted octanol–water partition coefficient (Wildman–Crippen LogP) is 2.03. The average Bonchev–Trinajstić information content (AvgIpc) is 2.34. The quantitative estimate of drug-likeness (QED) is 0.736. The average molecular weight is 271 g/mol. The predicted molar refractivity (Wildman–Crippen MR) is 71.9 cm³/mol. The molecule has 1 rings (SSSR count). The zero-order chi connectivity index (χ0) is 13.4. The summed E-state index contributed by atoms with van der Waals surface area (Å²) in [5, 5.41) is 0. The van der Waals surface area contributed by atoms with Crippen LogP contribution in [0.4, 0.5) is 0 Å². The van der Waals surface area contributed by atoms with Crippen LogP contribution in [0.3, 0.4) is 0 Å². The van der Waals surface area contributed by atoms with Crippen molar-refractivity contribution in [2.45, 2.75) is 25.2 Å². The molecular formula is C13H21NO3S. The first-order valence-corrected chi connectivity index (χ1v) is 7.63. The third-order valence-corrected chi connectivity index (χ3v) is 3.74. The fourth-order valence-electron chi connectivity index (χ4n) is 1.38. The normalized spacial score (nSPS) is 11.9. The third-order valence-electron chi connectivity index (χ3n) is 2.26. The van der Waals surface area contributed by atoms with Crippen molar-refractivity contribution in [3.8, 4) is 0 Å². The number of hydrogen-bond acceptors (Lipinski definition) is 3. The second-order valence-corrected chi connectivity index (χ2v) is 6.30. The second kappa shape index (κ2) is 7.51. The highest BCUT2D eigenvalue weighted by Gasteiger charge is 2.11. The van der Waals surface area contributed by atoms with E-state index in [9.17, 15) is 8.42 Å². The Hall–Kier alpha value is -0.910. The molecule has 0 saturated heterocycles. The van der Waals surface area contributed by atoms with Gasteiger partial charge in [-0.15, -0.1) is 0 Å². The fourth-order valence-corrected chi connectivity index (χ4v) is 2.48. The molecule has 1 aromatic rings. The molecule has 0 saturated carbocycles. The van der Waals surface area contributed by atoms with E-state index >= 15 is 0 Å². The molecule has 1 N–H and O–H groups in total. The Balaban J connectivity index is 2.27. The second-order valence-electron chi connectivity index (χ2n) is 4.53. The van der Waals surface area contributed by atoms with Gasteiger partial charge in [0.15, 0.2) is 0 Å². The van der Waals surface area contributed by atoms with Crippen molar-refractivity contribution in [2.24, 2.45) is 5.92 Å². The molecule has 5 heteroatoms. The topological polar surface area (TPSA) is 55.4 Å². The van der Waals surface area contributed by atoms with Crippen molar-refractivity contribution in [3.63, 3.8) is 0 Å². The first-order chi connectivity index (χ1) is 8.52. The maximum atomic E-state index is 11.8. The maximum Gasteiger partial charge on any atom is 0.240 e. The van der Waals surface area contributed by atoms with Gasteiger partial charge in [-0.05, 0) is 24.5 Å². The van der Waals surface area contributed by atoms with Gasteiger partial charge in [-0.3, -0.25) is 0 Å². The summed E-state index contributed by atoms with van der Waals surface area (Å²) in [4.78, 5) is 0.299. The van der Waals surface area contributed by atoms with Gasteiger partial charge in [-0.2, -0.15) is 0 Å². The summed E-state index contributed by atoms with van der Waals surface area (Å²) in [6.45, 7) is 5.85. The molecular weight excluding hydrogens is 250 g/mol. The molecule has 0 aliphatic rings. The van der Waals surface area contributed by atoms with Crippen molar-refractivity contribution in [2.75, 3.05) is 19.8 Å². The molecule has 0 aliphatic heterocycles. The highest BCUT2D eigenvalue weighted by molar-refractivity contribution is 7.89. The van der Waals surface area contributed by atoms with E-state index < -0.39 is 10.0 Å². The van der Waals surface area contributed by atoms with Gasteiger partial charge in [0.05, 0.1) is 4.90 Å². The molecule has 0 atom stereocenters. The fraction of sp³-hybridized carbons (Fsp3) is 0.538. The van der Waals surface area contributed by atoms with Gasteiger partial charge in [0.2, 0.25) is 10.0 Å². The summed E-state index contributed by atoms with van der Waals surface area (Å²) >= 11 is 0. The van der Waals surface area contributed by atoms with Crippen LogP contribution in [0.25, 0.3) is 0 Å². The Morgan fingerprint density at radius 3 is 2.50 bits per heavy atom. The Morgan fingerprint density at radius 2 is 1.89 bits per heavy atom. The van der Waals surface area contributed by atoms with Crippen LogP contribution in [0, 0.1) is 5.92 Å². The van der Waals surface area contributed by atoms with Gasteiger partial charge in [0, 0.05) is 19.8 Å². The Labute approximate surface area is 109 Å². The summed E-state index contributed by atoms with van der Waals surface area (Å²) in [5.41, 5.74) is 0. The highest BCUT2D eigenvalue weighted by atomic mass is 32.2. The SMILES string of the molecule is CC(C)COCCCNS(=O)(=O)c1ccccc1. The Bertz CT molecular complexity index is 429. The van der Waals surface area contributed by atoms with E-state index in [4.69, 9.17) is 4.74 Å². The van der Waals surface area contributed by atoms with Crippen molar-refractivity contribution in [1.82, 2.24) is 4.72 Å². The lowest BCUT2D eigenvalue weighted by Crippen LogP contribution is -2.25. The van der Waals surface area contributed by atoms with Crippen LogP contribution in [-0.4, -0.2) is 28.2 Å². The van der Waals surface area contributed by atoms with Crippen molar-refractivity contribution in [1.29, 1.82) is 0 Å². The minimum absolute atomic E-state index is 0.299. The number of nitrogens with one attached hydrogen (secondary N) is 1. The van der Waals surface area contributed by atoms with Gasteiger partial charge in [0.1, 0.15) is 0 Å². The largest absolute Gasteiger partial charge is 0.381 e. The molecule has 0 bridgehead atoms. The monoisotopic (exact) mass is 271 g/mol. The standard InChI is InChI=1S/C13H21NO3S/c1-12(2)11-17-10-6-9-14-18(15,16)13-7-4-3-5-8-13/h3-5,7-8,12,14H,6,9-11H2,1-2H3. The molecule has 0 aromatic heterocycles. The summed E-state index contributed by atoms with van der Waals surface area (Å²) in [5.74, 6) is 0.506.